The zero-order chi connectivity index (χ0) is 16.1. The van der Waals surface area contributed by atoms with Gasteiger partial charge in [-0.1, -0.05) is 22.9 Å². The number of amides is 1. The molecule has 0 saturated heterocycles. The first kappa shape index (κ1) is 16.7. The molecule has 1 aromatic heterocycles. The molecule has 6 nitrogen and oxygen atoms in total. The van der Waals surface area contributed by atoms with Crippen LogP contribution >= 0.6 is 22.9 Å². The van der Waals surface area contributed by atoms with Crippen molar-refractivity contribution in [3.05, 3.63) is 33.8 Å². The van der Waals surface area contributed by atoms with E-state index in [1.807, 2.05) is 14.1 Å². The fraction of sp³-hybridized carbons (Fsp3) is 0.357. The Morgan fingerprint density at radius 2 is 2.18 bits per heavy atom. The van der Waals surface area contributed by atoms with Gasteiger partial charge in [0.2, 0.25) is 5.13 Å². The average Bonchev–Trinajstić information content (AvgIpc) is 2.92. The van der Waals surface area contributed by atoms with E-state index < -0.39 is 0 Å². The molecule has 8 heteroatoms. The standard InChI is InChI=1S/C14H17ClN4O2S/c1-19(2)7-6-12-17-18-14(22-12)16-13(20)10-8-9(15)4-5-11(10)21-3/h4-5,8H,6-7H2,1-3H3,(H,16,18,20). The molecule has 0 atom stereocenters. The maximum atomic E-state index is 12.3. The number of nitrogens with zero attached hydrogens (tertiary/aromatic N) is 3. The molecule has 1 heterocycles. The molecule has 118 valence electrons. The number of carbonyl (C=O) groups excluding carboxylic acids is 1. The third-order valence-electron chi connectivity index (χ3n) is 2.87. The molecule has 0 aliphatic rings. The molecular formula is C14H17ClN4O2S. The van der Waals surface area contributed by atoms with Crippen molar-refractivity contribution in [3.63, 3.8) is 0 Å². The molecule has 1 aromatic carbocycles. The lowest BCUT2D eigenvalue weighted by Crippen LogP contribution is -2.14. The van der Waals surface area contributed by atoms with Crippen molar-refractivity contribution >= 4 is 34.0 Å². The fourth-order valence-electron chi connectivity index (χ4n) is 1.75. The summed E-state index contributed by atoms with van der Waals surface area (Å²) in [6.45, 7) is 0.880. The Labute approximate surface area is 138 Å². The number of rotatable bonds is 6. The van der Waals surface area contributed by atoms with Crippen molar-refractivity contribution in [2.75, 3.05) is 33.1 Å². The molecule has 0 aliphatic heterocycles. The zero-order valence-corrected chi connectivity index (χ0v) is 14.2. The Bertz CT molecular complexity index is 660. The summed E-state index contributed by atoms with van der Waals surface area (Å²) in [4.78, 5) is 14.4. The number of halogens is 1. The van der Waals surface area contributed by atoms with Gasteiger partial charge in [0.05, 0.1) is 12.7 Å². The van der Waals surface area contributed by atoms with E-state index in [0.717, 1.165) is 18.0 Å². The molecule has 22 heavy (non-hydrogen) atoms. The van der Waals surface area contributed by atoms with Crippen molar-refractivity contribution in [2.24, 2.45) is 0 Å². The van der Waals surface area contributed by atoms with E-state index in [4.69, 9.17) is 16.3 Å². The van der Waals surface area contributed by atoms with Crippen molar-refractivity contribution in [1.29, 1.82) is 0 Å². The van der Waals surface area contributed by atoms with Crippen LogP contribution in [-0.2, 0) is 6.42 Å². The van der Waals surface area contributed by atoms with Crippen LogP contribution in [0, 0.1) is 0 Å². The molecule has 0 bridgehead atoms. The van der Waals surface area contributed by atoms with E-state index in [1.165, 1.54) is 18.4 Å². The number of hydrogen-bond donors (Lipinski definition) is 1. The van der Waals surface area contributed by atoms with Gasteiger partial charge in [0.1, 0.15) is 10.8 Å². The molecule has 0 unspecified atom stereocenters. The van der Waals surface area contributed by atoms with Crippen LogP contribution in [0.5, 0.6) is 5.75 Å². The highest BCUT2D eigenvalue weighted by Crippen LogP contribution is 2.24. The lowest BCUT2D eigenvalue weighted by molar-refractivity contribution is 0.102. The Morgan fingerprint density at radius 3 is 2.86 bits per heavy atom. The molecule has 0 saturated carbocycles. The molecular weight excluding hydrogens is 324 g/mol. The van der Waals surface area contributed by atoms with Crippen molar-refractivity contribution in [3.8, 4) is 5.75 Å². The summed E-state index contributed by atoms with van der Waals surface area (Å²) in [5, 5.41) is 12.6. The largest absolute Gasteiger partial charge is 0.496 e. The summed E-state index contributed by atoms with van der Waals surface area (Å²) in [5.74, 6) is 0.133. The van der Waals surface area contributed by atoms with Gasteiger partial charge in [-0.3, -0.25) is 10.1 Å². The van der Waals surface area contributed by atoms with Gasteiger partial charge in [-0.25, -0.2) is 0 Å². The Balaban J connectivity index is 2.07. The molecule has 1 amide bonds. The highest BCUT2D eigenvalue weighted by molar-refractivity contribution is 7.15. The zero-order valence-electron chi connectivity index (χ0n) is 12.6. The molecule has 0 radical (unpaired) electrons. The quantitative estimate of drug-likeness (QED) is 0.875. The first-order valence-electron chi connectivity index (χ1n) is 6.61. The van der Waals surface area contributed by atoms with E-state index in [9.17, 15) is 4.79 Å². The third-order valence-corrected chi connectivity index (χ3v) is 4.00. The SMILES string of the molecule is COc1ccc(Cl)cc1C(=O)Nc1nnc(CCN(C)C)s1. The second kappa shape index (κ2) is 7.53. The lowest BCUT2D eigenvalue weighted by atomic mass is 10.2. The number of carbonyl (C=O) groups is 1. The van der Waals surface area contributed by atoms with Crippen LogP contribution in [0.15, 0.2) is 18.2 Å². The molecule has 0 aliphatic carbocycles. The number of benzene rings is 1. The minimum atomic E-state index is -0.324. The summed E-state index contributed by atoms with van der Waals surface area (Å²) in [6.07, 6.45) is 0.793. The third kappa shape index (κ3) is 4.40. The van der Waals surface area contributed by atoms with Crippen LogP contribution in [0.1, 0.15) is 15.4 Å². The van der Waals surface area contributed by atoms with Crippen LogP contribution in [0.2, 0.25) is 5.02 Å². The van der Waals surface area contributed by atoms with E-state index in [-0.39, 0.29) is 5.91 Å². The first-order chi connectivity index (χ1) is 10.5. The van der Waals surface area contributed by atoms with Crippen molar-refractivity contribution in [2.45, 2.75) is 6.42 Å². The molecule has 1 N–H and O–H groups in total. The predicted molar refractivity (Wildman–Crippen MR) is 88.1 cm³/mol. The van der Waals surface area contributed by atoms with Gasteiger partial charge in [0.15, 0.2) is 0 Å². The number of nitrogens with one attached hydrogen (secondary N) is 1. The van der Waals surface area contributed by atoms with Crippen LogP contribution in [0.3, 0.4) is 0 Å². The van der Waals surface area contributed by atoms with Gasteiger partial charge in [-0.15, -0.1) is 10.2 Å². The summed E-state index contributed by atoms with van der Waals surface area (Å²) in [7, 11) is 5.49. The molecule has 2 rings (SSSR count). The van der Waals surface area contributed by atoms with Crippen molar-refractivity contribution < 1.29 is 9.53 Å². The number of aromatic nitrogens is 2. The maximum absolute atomic E-state index is 12.3. The number of hydrogen-bond acceptors (Lipinski definition) is 6. The summed E-state index contributed by atoms with van der Waals surface area (Å²) in [6, 6.07) is 4.88. The molecule has 0 spiro atoms. The van der Waals surface area contributed by atoms with E-state index >= 15 is 0 Å². The Hall–Kier alpha value is -1.70. The maximum Gasteiger partial charge on any atom is 0.261 e. The Kier molecular flexibility index (Phi) is 5.70. The second-order valence-electron chi connectivity index (χ2n) is 4.85. The summed E-state index contributed by atoms with van der Waals surface area (Å²) < 4.78 is 5.17. The van der Waals surface area contributed by atoms with Crippen LogP contribution in [0.4, 0.5) is 5.13 Å². The van der Waals surface area contributed by atoms with E-state index in [2.05, 4.69) is 20.4 Å². The smallest absolute Gasteiger partial charge is 0.261 e. The Morgan fingerprint density at radius 1 is 1.41 bits per heavy atom. The molecule has 2 aromatic rings. The van der Waals surface area contributed by atoms with Gasteiger partial charge in [-0.2, -0.15) is 0 Å². The fourth-order valence-corrected chi connectivity index (χ4v) is 2.64. The number of likely N-dealkylation sites (N-methyl/N-ethyl adjacent to an activating group) is 1. The van der Waals surface area contributed by atoms with Crippen LogP contribution in [-0.4, -0.2) is 48.8 Å². The van der Waals surface area contributed by atoms with Gasteiger partial charge < -0.3 is 9.64 Å². The van der Waals surface area contributed by atoms with Crippen LogP contribution < -0.4 is 10.1 Å². The van der Waals surface area contributed by atoms with Crippen LogP contribution in [0.25, 0.3) is 0 Å². The number of anilines is 1. The highest BCUT2D eigenvalue weighted by Gasteiger charge is 2.15. The van der Waals surface area contributed by atoms with E-state index in [1.54, 1.807) is 18.2 Å². The minimum Gasteiger partial charge on any atom is -0.496 e. The number of methoxy groups -OCH3 is 1. The second-order valence-corrected chi connectivity index (χ2v) is 6.35. The van der Waals surface area contributed by atoms with Gasteiger partial charge in [0.25, 0.3) is 5.91 Å². The van der Waals surface area contributed by atoms with Gasteiger partial charge in [0, 0.05) is 18.0 Å². The normalized spacial score (nSPS) is 10.8. The summed E-state index contributed by atoms with van der Waals surface area (Å²) >= 11 is 7.29. The highest BCUT2D eigenvalue weighted by atomic mass is 35.5. The number of ether oxygens (including phenoxy) is 1. The predicted octanol–water partition coefficient (Wildman–Crippen LogP) is 2.56. The van der Waals surface area contributed by atoms with Crippen molar-refractivity contribution in [1.82, 2.24) is 15.1 Å². The monoisotopic (exact) mass is 340 g/mol. The van der Waals surface area contributed by atoms with Gasteiger partial charge in [-0.05, 0) is 32.3 Å². The van der Waals surface area contributed by atoms with Gasteiger partial charge >= 0.3 is 0 Å². The van der Waals surface area contributed by atoms with E-state index in [0.29, 0.717) is 21.5 Å². The first-order valence-corrected chi connectivity index (χ1v) is 7.81. The average molecular weight is 341 g/mol. The minimum absolute atomic E-state index is 0.324. The molecule has 0 fully saturated rings. The summed E-state index contributed by atoms with van der Waals surface area (Å²) in [5.41, 5.74) is 0.361. The lowest BCUT2D eigenvalue weighted by Gasteiger charge is -2.08. The topological polar surface area (TPSA) is 67.3 Å².